The number of nitrogens with one attached hydrogen (secondary N) is 1. The van der Waals surface area contributed by atoms with E-state index >= 15 is 0 Å². The Balaban J connectivity index is 1.49. The van der Waals surface area contributed by atoms with Crippen LogP contribution in [-0.4, -0.2) is 28.1 Å². The van der Waals surface area contributed by atoms with E-state index in [0.29, 0.717) is 0 Å². The van der Waals surface area contributed by atoms with Gasteiger partial charge in [0.15, 0.2) is 5.69 Å². The van der Waals surface area contributed by atoms with E-state index in [1.807, 2.05) is 0 Å². The van der Waals surface area contributed by atoms with Crippen molar-refractivity contribution in [3.63, 3.8) is 0 Å². The first-order chi connectivity index (χ1) is 10.6. The highest BCUT2D eigenvalue weighted by Crippen LogP contribution is 2.55. The van der Waals surface area contributed by atoms with Gasteiger partial charge in [-0.25, -0.2) is 4.98 Å². The molecule has 0 spiro atoms. The molecule has 5 rings (SSSR count). The van der Waals surface area contributed by atoms with Crippen LogP contribution >= 0.6 is 0 Å². The first-order valence-electron chi connectivity index (χ1n) is 8.21. The molecule has 0 aliphatic heterocycles. The Bertz CT molecular complexity index is 548. The summed E-state index contributed by atoms with van der Waals surface area (Å²) in [6.45, 7) is -0.253. The average Bonchev–Trinajstić information content (AvgIpc) is 2.94. The summed E-state index contributed by atoms with van der Waals surface area (Å²) in [5, 5.41) is 12.3. The third-order valence-electron chi connectivity index (χ3n) is 5.69. The number of aliphatic hydroxyl groups excluding tert-OH is 1. The van der Waals surface area contributed by atoms with E-state index in [4.69, 9.17) is 15.3 Å². The van der Waals surface area contributed by atoms with E-state index in [1.54, 1.807) is 0 Å². The summed E-state index contributed by atoms with van der Waals surface area (Å²) in [5.74, 6) is 2.37. The van der Waals surface area contributed by atoms with Crippen molar-refractivity contribution < 1.29 is 14.3 Å². The fourth-order valence-electron chi connectivity index (χ4n) is 5.21. The predicted octanol–water partition coefficient (Wildman–Crippen LogP) is 1.37. The average molecular weight is 305 g/mol. The number of oxazole rings is 1. The van der Waals surface area contributed by atoms with Gasteiger partial charge in [0.2, 0.25) is 5.89 Å². The molecule has 1 unspecified atom stereocenters. The van der Waals surface area contributed by atoms with Crippen molar-refractivity contribution in [2.45, 2.75) is 50.1 Å². The Morgan fingerprint density at radius 1 is 1.36 bits per heavy atom. The molecule has 1 atom stereocenters. The molecule has 22 heavy (non-hydrogen) atoms. The number of carbonyl (C=O) groups excluding carboxylic acids is 1. The number of carbonyl (C=O) groups is 1. The summed E-state index contributed by atoms with van der Waals surface area (Å²) < 4.78 is 5.20. The molecule has 120 valence electrons. The van der Waals surface area contributed by atoms with Crippen LogP contribution in [0, 0.1) is 17.8 Å². The molecule has 1 amide bonds. The lowest BCUT2D eigenvalue weighted by Crippen LogP contribution is -2.59. The number of aliphatic hydroxyl groups is 1. The SMILES string of the molecule is NC(CO)c1nc(C(=O)NC23CC4CC(CC(C4)C2)C3)co1. The summed E-state index contributed by atoms with van der Waals surface area (Å²) in [7, 11) is 0. The van der Waals surface area contributed by atoms with E-state index in [9.17, 15) is 4.79 Å². The van der Waals surface area contributed by atoms with Crippen molar-refractivity contribution >= 4 is 5.91 Å². The predicted molar refractivity (Wildman–Crippen MR) is 78.9 cm³/mol. The fourth-order valence-corrected chi connectivity index (χ4v) is 5.21. The van der Waals surface area contributed by atoms with E-state index in [2.05, 4.69) is 10.3 Å². The Morgan fingerprint density at radius 2 is 1.95 bits per heavy atom. The maximum absolute atomic E-state index is 12.5. The molecular formula is C16H23N3O3. The topological polar surface area (TPSA) is 101 Å². The lowest BCUT2D eigenvalue weighted by molar-refractivity contribution is -0.0167. The lowest BCUT2D eigenvalue weighted by atomic mass is 9.53. The van der Waals surface area contributed by atoms with Crippen molar-refractivity contribution in [3.05, 3.63) is 17.8 Å². The smallest absolute Gasteiger partial charge is 0.273 e. The molecule has 1 aromatic rings. The van der Waals surface area contributed by atoms with Gasteiger partial charge in [-0.3, -0.25) is 4.79 Å². The highest BCUT2D eigenvalue weighted by molar-refractivity contribution is 5.92. The quantitative estimate of drug-likeness (QED) is 0.780. The van der Waals surface area contributed by atoms with Crippen molar-refractivity contribution in [2.24, 2.45) is 23.5 Å². The minimum absolute atomic E-state index is 0.0377. The van der Waals surface area contributed by atoms with Gasteiger partial charge in [-0.15, -0.1) is 0 Å². The number of hydrogen-bond donors (Lipinski definition) is 3. The standard InChI is InChI=1S/C16H23N3O3/c17-12(7-20)15-18-13(8-22-15)14(21)19-16-4-9-1-10(5-16)3-11(2-9)6-16/h8-12,20H,1-7,17H2,(H,19,21). The highest BCUT2D eigenvalue weighted by atomic mass is 16.3. The maximum Gasteiger partial charge on any atom is 0.273 e. The molecule has 6 nitrogen and oxygen atoms in total. The van der Waals surface area contributed by atoms with E-state index in [-0.39, 0.29) is 29.6 Å². The Morgan fingerprint density at radius 3 is 2.50 bits per heavy atom. The monoisotopic (exact) mass is 305 g/mol. The summed E-state index contributed by atoms with van der Waals surface area (Å²) in [5.41, 5.74) is 5.88. The number of aromatic nitrogens is 1. The normalized spacial score (nSPS) is 37.3. The van der Waals surface area contributed by atoms with E-state index in [0.717, 1.165) is 37.0 Å². The largest absolute Gasteiger partial charge is 0.446 e. The minimum Gasteiger partial charge on any atom is -0.446 e. The van der Waals surface area contributed by atoms with Crippen LogP contribution in [0.3, 0.4) is 0 Å². The first kappa shape index (κ1) is 14.2. The summed E-state index contributed by atoms with van der Waals surface area (Å²) in [6, 6.07) is -0.680. The summed E-state index contributed by atoms with van der Waals surface area (Å²) >= 11 is 0. The van der Waals surface area contributed by atoms with Gasteiger partial charge >= 0.3 is 0 Å². The third kappa shape index (κ3) is 2.34. The molecule has 4 saturated carbocycles. The number of nitrogens with two attached hydrogens (primary N) is 1. The van der Waals surface area contributed by atoms with Crippen molar-refractivity contribution in [2.75, 3.05) is 6.61 Å². The third-order valence-corrected chi connectivity index (χ3v) is 5.69. The Kier molecular flexibility index (Phi) is 3.27. The zero-order chi connectivity index (χ0) is 15.3. The van der Waals surface area contributed by atoms with Gasteiger partial charge in [-0.05, 0) is 56.3 Å². The number of nitrogens with zero attached hydrogens (tertiary/aromatic N) is 1. The molecular weight excluding hydrogens is 282 g/mol. The van der Waals surface area contributed by atoms with Crippen LogP contribution in [0.2, 0.25) is 0 Å². The van der Waals surface area contributed by atoms with Gasteiger partial charge in [0, 0.05) is 5.54 Å². The zero-order valence-electron chi connectivity index (χ0n) is 12.6. The van der Waals surface area contributed by atoms with E-state index in [1.165, 1.54) is 25.5 Å². The molecule has 6 heteroatoms. The molecule has 4 aliphatic carbocycles. The number of amides is 1. The minimum atomic E-state index is -0.680. The molecule has 4 aliphatic rings. The van der Waals surface area contributed by atoms with E-state index < -0.39 is 6.04 Å². The van der Waals surface area contributed by atoms with Crippen LogP contribution in [0.1, 0.15) is 60.9 Å². The summed E-state index contributed by atoms with van der Waals surface area (Å²) in [6.07, 6.45) is 8.67. The molecule has 0 aromatic carbocycles. The Hall–Kier alpha value is -1.40. The maximum atomic E-state index is 12.5. The van der Waals surface area contributed by atoms with Crippen LogP contribution in [0.5, 0.6) is 0 Å². The van der Waals surface area contributed by atoms with Crippen molar-refractivity contribution in [1.29, 1.82) is 0 Å². The molecule has 1 aromatic heterocycles. The molecule has 4 bridgehead atoms. The number of rotatable bonds is 4. The van der Waals surface area contributed by atoms with Gasteiger partial charge in [0.25, 0.3) is 5.91 Å². The second-order valence-electron chi connectivity index (χ2n) is 7.51. The van der Waals surface area contributed by atoms with Crippen LogP contribution in [0.25, 0.3) is 0 Å². The van der Waals surface area contributed by atoms with Crippen molar-refractivity contribution in [3.8, 4) is 0 Å². The van der Waals surface area contributed by atoms with Gasteiger partial charge in [-0.1, -0.05) is 0 Å². The van der Waals surface area contributed by atoms with Gasteiger partial charge in [0.1, 0.15) is 12.3 Å². The van der Waals surface area contributed by atoms with Gasteiger partial charge in [-0.2, -0.15) is 0 Å². The second kappa shape index (κ2) is 5.06. The van der Waals surface area contributed by atoms with Crippen LogP contribution in [0.15, 0.2) is 10.7 Å². The molecule has 0 radical (unpaired) electrons. The van der Waals surface area contributed by atoms with Gasteiger partial charge in [0.05, 0.1) is 6.61 Å². The van der Waals surface area contributed by atoms with Crippen molar-refractivity contribution in [1.82, 2.24) is 10.3 Å². The zero-order valence-corrected chi connectivity index (χ0v) is 12.6. The Labute approximate surface area is 129 Å². The summed E-state index contributed by atoms with van der Waals surface area (Å²) in [4.78, 5) is 16.6. The van der Waals surface area contributed by atoms with Crippen LogP contribution in [0.4, 0.5) is 0 Å². The van der Waals surface area contributed by atoms with Gasteiger partial charge < -0.3 is 20.6 Å². The van der Waals surface area contributed by atoms with Crippen LogP contribution in [-0.2, 0) is 0 Å². The number of hydrogen-bond acceptors (Lipinski definition) is 5. The second-order valence-corrected chi connectivity index (χ2v) is 7.51. The lowest BCUT2D eigenvalue weighted by Gasteiger charge is -2.56. The first-order valence-corrected chi connectivity index (χ1v) is 8.21. The van der Waals surface area contributed by atoms with Crippen LogP contribution < -0.4 is 11.1 Å². The molecule has 4 N–H and O–H groups in total. The highest BCUT2D eigenvalue weighted by Gasteiger charge is 2.51. The molecule has 0 saturated heterocycles. The fraction of sp³-hybridized carbons (Fsp3) is 0.750. The molecule has 1 heterocycles. The molecule has 4 fully saturated rings.